The van der Waals surface area contributed by atoms with Crippen LogP contribution in [0.4, 0.5) is 5.69 Å². The Kier molecular flexibility index (Phi) is 5.10. The Morgan fingerprint density at radius 3 is 2.46 bits per heavy atom. The lowest BCUT2D eigenvalue weighted by Crippen LogP contribution is -2.11. The van der Waals surface area contributed by atoms with Crippen molar-refractivity contribution >= 4 is 19.3 Å². The number of para-hydroxylation sites is 1. The van der Waals surface area contributed by atoms with Crippen molar-refractivity contribution in [2.75, 3.05) is 0 Å². The normalized spacial score (nSPS) is 12.5. The number of carbonyl (C=O) groups is 1. The van der Waals surface area contributed by atoms with Crippen LogP contribution in [0, 0.1) is 10.1 Å². The number of carbonyl (C=O) groups excluding carboxylic acids is 1. The summed E-state index contributed by atoms with van der Waals surface area (Å²) in [7, 11) is -4.87. The molecule has 0 spiro atoms. The summed E-state index contributed by atoms with van der Waals surface area (Å²) >= 11 is 0. The van der Waals surface area contributed by atoms with Crippen LogP contribution in [0.25, 0.3) is 0 Å². The molecule has 0 aromatic heterocycles. The second-order valence-corrected chi connectivity index (χ2v) is 6.36. The molecule has 24 heavy (non-hydrogen) atoms. The van der Waals surface area contributed by atoms with Gasteiger partial charge in [0.05, 0.1) is 10.5 Å². The van der Waals surface area contributed by atoms with Gasteiger partial charge >= 0.3 is 13.6 Å². The Labute approximate surface area is 135 Å². The van der Waals surface area contributed by atoms with E-state index in [0.717, 1.165) is 6.07 Å². The fraction of sp³-hybridized carbons (Fsp3) is 0.0714. The molecule has 0 aliphatic carbocycles. The van der Waals surface area contributed by atoms with Gasteiger partial charge in [-0.25, -0.2) is 4.79 Å². The first-order chi connectivity index (χ1) is 11.2. The molecule has 0 heterocycles. The van der Waals surface area contributed by atoms with Crippen molar-refractivity contribution in [1.82, 2.24) is 0 Å². The minimum Gasteiger partial charge on any atom is -0.423 e. The zero-order valence-electron chi connectivity index (χ0n) is 12.0. The number of nitro groups is 1. The second kappa shape index (κ2) is 6.90. The lowest BCUT2D eigenvalue weighted by Gasteiger charge is -2.16. The van der Waals surface area contributed by atoms with Gasteiger partial charge in [0.25, 0.3) is 5.69 Å². The topological polar surface area (TPSA) is 147 Å². The maximum absolute atomic E-state index is 12.1. The summed E-state index contributed by atoms with van der Waals surface area (Å²) in [5.41, 5.74) is -0.706. The van der Waals surface area contributed by atoms with E-state index >= 15 is 0 Å². The van der Waals surface area contributed by atoms with Crippen LogP contribution in [0.15, 0.2) is 48.5 Å². The van der Waals surface area contributed by atoms with E-state index in [1.54, 1.807) is 0 Å². The molecule has 2 aromatic carbocycles. The van der Waals surface area contributed by atoms with E-state index in [-0.39, 0.29) is 22.6 Å². The second-order valence-electron chi connectivity index (χ2n) is 4.70. The summed E-state index contributed by atoms with van der Waals surface area (Å²) in [4.78, 5) is 40.3. The number of rotatable bonds is 5. The number of non-ortho nitro benzene ring substituents is 1. The number of hydrogen-bond acceptors (Lipinski definition) is 6. The van der Waals surface area contributed by atoms with Gasteiger partial charge in [-0.3, -0.25) is 14.7 Å². The van der Waals surface area contributed by atoms with Crippen LogP contribution in [0.5, 0.6) is 5.75 Å². The average molecular weight is 353 g/mol. The van der Waals surface area contributed by atoms with Gasteiger partial charge in [-0.05, 0) is 12.1 Å². The van der Waals surface area contributed by atoms with Crippen LogP contribution in [-0.2, 0) is 4.57 Å². The summed E-state index contributed by atoms with van der Waals surface area (Å²) in [6, 6.07) is 10.1. The average Bonchev–Trinajstić information content (AvgIpc) is 2.54. The van der Waals surface area contributed by atoms with Crippen LogP contribution >= 0.6 is 7.60 Å². The van der Waals surface area contributed by atoms with Crippen molar-refractivity contribution in [3.63, 3.8) is 0 Å². The molecule has 0 aliphatic heterocycles. The number of nitro benzene ring substituents is 1. The number of ether oxygens (including phenoxy) is 1. The monoisotopic (exact) mass is 353 g/mol. The van der Waals surface area contributed by atoms with Gasteiger partial charge in [0.1, 0.15) is 5.75 Å². The lowest BCUT2D eigenvalue weighted by atomic mass is 10.2. The Bertz CT molecular complexity index is 831. The Morgan fingerprint density at radius 1 is 1.17 bits per heavy atom. The first kappa shape index (κ1) is 17.8. The highest BCUT2D eigenvalue weighted by Gasteiger charge is 2.31. The maximum atomic E-state index is 12.1. The maximum Gasteiger partial charge on any atom is 0.358 e. The predicted octanol–water partition coefficient (Wildman–Crippen LogP) is 1.98. The van der Waals surface area contributed by atoms with Gasteiger partial charge in [-0.2, -0.15) is 0 Å². The van der Waals surface area contributed by atoms with Crippen molar-refractivity contribution in [3.05, 3.63) is 69.8 Å². The number of benzene rings is 2. The molecule has 0 bridgehead atoms. The fourth-order valence-corrected chi connectivity index (χ4v) is 2.45. The molecular formula is C14H12NO8P. The van der Waals surface area contributed by atoms with Crippen LogP contribution in [0.3, 0.4) is 0 Å². The van der Waals surface area contributed by atoms with Gasteiger partial charge in [-0.15, -0.1) is 0 Å². The van der Waals surface area contributed by atoms with Crippen molar-refractivity contribution in [2.24, 2.45) is 0 Å². The van der Waals surface area contributed by atoms with Crippen molar-refractivity contribution in [2.45, 2.75) is 5.85 Å². The highest BCUT2D eigenvalue weighted by atomic mass is 31.2. The van der Waals surface area contributed by atoms with E-state index in [1.807, 2.05) is 0 Å². The molecule has 2 aromatic rings. The van der Waals surface area contributed by atoms with Crippen LogP contribution in [0.1, 0.15) is 21.8 Å². The zero-order chi connectivity index (χ0) is 17.9. The third kappa shape index (κ3) is 4.03. The Balaban J connectivity index is 2.32. The van der Waals surface area contributed by atoms with E-state index in [1.165, 1.54) is 42.5 Å². The molecule has 0 fully saturated rings. The summed E-state index contributed by atoms with van der Waals surface area (Å²) < 4.78 is 16.2. The Hall–Kier alpha value is -2.58. The van der Waals surface area contributed by atoms with E-state index in [0.29, 0.717) is 0 Å². The number of aliphatic hydroxyl groups is 1. The van der Waals surface area contributed by atoms with Crippen LogP contribution < -0.4 is 4.74 Å². The molecule has 126 valence electrons. The minimum atomic E-state index is -4.87. The van der Waals surface area contributed by atoms with Gasteiger partial charge in [0.2, 0.25) is 0 Å². The molecule has 1 unspecified atom stereocenters. The molecular weight excluding hydrogens is 341 g/mol. The summed E-state index contributed by atoms with van der Waals surface area (Å²) in [6.07, 6.45) is 0. The SMILES string of the molecule is O=C(Oc1ccccc1C(O)P(=O)(O)O)c1cccc([N+](=O)[O-])c1. The molecule has 1 atom stereocenters. The van der Waals surface area contributed by atoms with Crippen LogP contribution in [0.2, 0.25) is 0 Å². The lowest BCUT2D eigenvalue weighted by molar-refractivity contribution is -0.384. The molecule has 2 rings (SSSR count). The standard InChI is InChI=1S/C14H12NO8P/c16-13(9-4-3-5-10(8-9)15(18)19)23-12-7-2-1-6-11(12)14(17)24(20,21)22/h1-8,14,17H,(H2,20,21,22). The molecule has 10 heteroatoms. The minimum absolute atomic E-state index is 0.121. The summed E-state index contributed by atoms with van der Waals surface area (Å²) in [5, 5.41) is 20.4. The third-order valence-electron chi connectivity index (χ3n) is 3.01. The Morgan fingerprint density at radius 2 is 1.83 bits per heavy atom. The predicted molar refractivity (Wildman–Crippen MR) is 81.5 cm³/mol. The number of esters is 1. The smallest absolute Gasteiger partial charge is 0.358 e. The molecule has 0 saturated carbocycles. The van der Waals surface area contributed by atoms with E-state index in [2.05, 4.69) is 0 Å². The number of nitrogens with zero attached hydrogens (tertiary/aromatic N) is 1. The number of hydrogen-bond donors (Lipinski definition) is 3. The van der Waals surface area contributed by atoms with Crippen molar-refractivity contribution in [1.29, 1.82) is 0 Å². The largest absolute Gasteiger partial charge is 0.423 e. The molecule has 0 amide bonds. The zero-order valence-corrected chi connectivity index (χ0v) is 12.9. The van der Waals surface area contributed by atoms with Crippen molar-refractivity contribution < 1.29 is 33.9 Å². The molecule has 9 nitrogen and oxygen atoms in total. The molecule has 0 radical (unpaired) electrons. The third-order valence-corrected chi connectivity index (χ3v) is 3.93. The van der Waals surface area contributed by atoms with Crippen LogP contribution in [-0.4, -0.2) is 25.8 Å². The first-order valence-electron chi connectivity index (χ1n) is 6.49. The van der Waals surface area contributed by atoms with E-state index in [4.69, 9.17) is 14.5 Å². The molecule has 0 aliphatic rings. The van der Waals surface area contributed by atoms with Gasteiger partial charge in [-0.1, -0.05) is 24.3 Å². The summed E-state index contributed by atoms with van der Waals surface area (Å²) in [6.45, 7) is 0. The highest BCUT2D eigenvalue weighted by Crippen LogP contribution is 2.51. The quantitative estimate of drug-likeness (QED) is 0.243. The van der Waals surface area contributed by atoms with Gasteiger partial charge in [0.15, 0.2) is 5.85 Å². The van der Waals surface area contributed by atoms with E-state index in [9.17, 15) is 24.6 Å². The molecule has 3 N–H and O–H groups in total. The highest BCUT2D eigenvalue weighted by molar-refractivity contribution is 7.51. The van der Waals surface area contributed by atoms with E-state index < -0.39 is 24.3 Å². The van der Waals surface area contributed by atoms with Gasteiger partial charge < -0.3 is 19.6 Å². The summed E-state index contributed by atoms with van der Waals surface area (Å²) in [5.74, 6) is -3.39. The number of aliphatic hydroxyl groups excluding tert-OH is 1. The first-order valence-corrected chi connectivity index (χ1v) is 8.17. The fourth-order valence-electron chi connectivity index (χ4n) is 1.87. The van der Waals surface area contributed by atoms with Gasteiger partial charge in [0, 0.05) is 17.7 Å². The molecule has 0 saturated heterocycles. The van der Waals surface area contributed by atoms with Crippen molar-refractivity contribution in [3.8, 4) is 5.75 Å².